The van der Waals surface area contributed by atoms with E-state index < -0.39 is 41.6 Å². The Hall–Kier alpha value is -3.15. The van der Waals surface area contributed by atoms with Crippen molar-refractivity contribution in [2.45, 2.75) is 59.4 Å². The first-order valence-corrected chi connectivity index (χ1v) is 10.9. The monoisotopic (exact) mass is 438 g/mol. The van der Waals surface area contributed by atoms with Gasteiger partial charge in [0.2, 0.25) is 5.91 Å². The molecule has 0 aliphatic rings. The average molecular weight is 439 g/mol. The second-order valence-corrected chi connectivity index (χ2v) is 9.29. The van der Waals surface area contributed by atoms with Crippen molar-refractivity contribution in [1.82, 2.24) is 5.32 Å². The van der Waals surface area contributed by atoms with Gasteiger partial charge in [-0.05, 0) is 60.3 Å². The molecule has 0 radical (unpaired) electrons. The van der Waals surface area contributed by atoms with Gasteiger partial charge in [0.15, 0.2) is 0 Å². The summed E-state index contributed by atoms with van der Waals surface area (Å²) in [5.41, 5.74) is 3.82. The Morgan fingerprint density at radius 1 is 1.03 bits per heavy atom. The molecule has 2 atom stereocenters. The van der Waals surface area contributed by atoms with Crippen molar-refractivity contribution in [3.05, 3.63) is 59.7 Å². The minimum Gasteiger partial charge on any atom is -0.550 e. The van der Waals surface area contributed by atoms with E-state index in [0.717, 1.165) is 22.3 Å². The van der Waals surface area contributed by atoms with E-state index in [9.17, 15) is 24.6 Å². The standard InChI is InChI=1S/C26H33NO5/c1-17-10-8-13-19(22(17)18-11-6-5-7-12-18)14-9-15-20(16-21(28)29)24(30)27-23(25(31)32)26(2,3)4/h5-8,10-13,20,23H,9,14-16H2,1-4H3,(H,27,30)(H,28,29)(H,31,32)/p-1. The highest BCUT2D eigenvalue weighted by Gasteiger charge is 2.34. The van der Waals surface area contributed by atoms with Gasteiger partial charge < -0.3 is 20.3 Å². The van der Waals surface area contributed by atoms with Crippen molar-refractivity contribution in [2.75, 3.05) is 0 Å². The van der Waals surface area contributed by atoms with Gasteiger partial charge in [-0.2, -0.15) is 0 Å². The highest BCUT2D eigenvalue weighted by Crippen LogP contribution is 2.29. The van der Waals surface area contributed by atoms with Crippen LogP contribution in [-0.4, -0.2) is 29.0 Å². The fourth-order valence-electron chi connectivity index (χ4n) is 3.93. The third kappa shape index (κ3) is 6.94. The van der Waals surface area contributed by atoms with Gasteiger partial charge in [0.25, 0.3) is 0 Å². The predicted molar refractivity (Wildman–Crippen MR) is 122 cm³/mol. The Labute approximate surface area is 189 Å². The van der Waals surface area contributed by atoms with Gasteiger partial charge in [-0.3, -0.25) is 4.79 Å². The van der Waals surface area contributed by atoms with E-state index in [1.807, 2.05) is 30.3 Å². The van der Waals surface area contributed by atoms with E-state index in [-0.39, 0.29) is 0 Å². The molecule has 0 saturated carbocycles. The molecule has 0 spiro atoms. The van der Waals surface area contributed by atoms with Crippen LogP contribution in [0.25, 0.3) is 11.1 Å². The van der Waals surface area contributed by atoms with Crippen LogP contribution in [0.3, 0.4) is 0 Å². The first kappa shape index (κ1) is 25.1. The van der Waals surface area contributed by atoms with E-state index >= 15 is 0 Å². The number of amides is 1. The minimum absolute atomic E-state index is 0.318. The van der Waals surface area contributed by atoms with Crippen molar-refractivity contribution in [2.24, 2.45) is 11.3 Å². The number of benzene rings is 2. The maximum Gasteiger partial charge on any atom is 0.326 e. The van der Waals surface area contributed by atoms with E-state index in [2.05, 4.69) is 30.4 Å². The molecule has 2 unspecified atom stereocenters. The Kier molecular flexibility index (Phi) is 8.58. The summed E-state index contributed by atoms with van der Waals surface area (Å²) < 4.78 is 0. The number of hydrogen-bond acceptors (Lipinski definition) is 4. The highest BCUT2D eigenvalue weighted by molar-refractivity contribution is 5.87. The molecule has 32 heavy (non-hydrogen) atoms. The third-order valence-corrected chi connectivity index (χ3v) is 5.60. The number of carbonyl (C=O) groups is 3. The molecule has 0 saturated heterocycles. The van der Waals surface area contributed by atoms with Crippen molar-refractivity contribution < 1.29 is 24.6 Å². The zero-order valence-corrected chi connectivity index (χ0v) is 19.2. The summed E-state index contributed by atoms with van der Waals surface area (Å²) in [5.74, 6) is -3.89. The van der Waals surface area contributed by atoms with Crippen molar-refractivity contribution in [3.8, 4) is 11.1 Å². The largest absolute Gasteiger partial charge is 0.550 e. The van der Waals surface area contributed by atoms with Crippen LogP contribution in [0, 0.1) is 18.3 Å². The second-order valence-electron chi connectivity index (χ2n) is 9.29. The molecular weight excluding hydrogens is 406 g/mol. The molecule has 2 aromatic rings. The van der Waals surface area contributed by atoms with Gasteiger partial charge in [0, 0.05) is 11.9 Å². The molecule has 2 N–H and O–H groups in total. The molecule has 2 rings (SSSR count). The van der Waals surface area contributed by atoms with Crippen LogP contribution < -0.4 is 10.4 Å². The Morgan fingerprint density at radius 2 is 1.69 bits per heavy atom. The molecule has 0 aliphatic heterocycles. The number of nitrogens with one attached hydrogen (secondary N) is 1. The first-order valence-electron chi connectivity index (χ1n) is 10.9. The van der Waals surface area contributed by atoms with Crippen LogP contribution in [0.4, 0.5) is 0 Å². The molecule has 1 amide bonds. The number of carboxylic acids is 2. The molecule has 0 aromatic heterocycles. The number of rotatable bonds is 10. The zero-order chi connectivity index (χ0) is 23.9. The maximum atomic E-state index is 12.8. The van der Waals surface area contributed by atoms with Crippen molar-refractivity contribution in [1.29, 1.82) is 0 Å². The van der Waals surface area contributed by atoms with Crippen LogP contribution in [0.5, 0.6) is 0 Å². The van der Waals surface area contributed by atoms with E-state index in [4.69, 9.17) is 0 Å². The molecule has 6 nitrogen and oxygen atoms in total. The summed E-state index contributed by atoms with van der Waals surface area (Å²) in [6.45, 7) is 7.19. The minimum atomic E-state index is -1.33. The van der Waals surface area contributed by atoms with Gasteiger partial charge >= 0.3 is 5.97 Å². The predicted octanol–water partition coefficient (Wildman–Crippen LogP) is 3.36. The topological polar surface area (TPSA) is 107 Å². The first-order chi connectivity index (χ1) is 15.0. The van der Waals surface area contributed by atoms with Crippen LogP contribution in [-0.2, 0) is 20.8 Å². The summed E-state index contributed by atoms with van der Waals surface area (Å²) in [6.07, 6.45) is 1.13. The van der Waals surface area contributed by atoms with Crippen molar-refractivity contribution >= 4 is 17.8 Å². The molecule has 0 heterocycles. The van der Waals surface area contributed by atoms with Gasteiger partial charge in [-0.25, -0.2) is 4.79 Å². The lowest BCUT2D eigenvalue weighted by molar-refractivity contribution is -0.306. The van der Waals surface area contributed by atoms with Crippen LogP contribution in [0.2, 0.25) is 0 Å². The molecule has 0 fully saturated rings. The Balaban J connectivity index is 2.14. The average Bonchev–Trinajstić information content (AvgIpc) is 2.70. The summed E-state index contributed by atoms with van der Waals surface area (Å²) >= 11 is 0. The van der Waals surface area contributed by atoms with Crippen LogP contribution in [0.15, 0.2) is 48.5 Å². The zero-order valence-electron chi connectivity index (χ0n) is 19.2. The maximum absolute atomic E-state index is 12.8. The van der Waals surface area contributed by atoms with Crippen molar-refractivity contribution in [3.63, 3.8) is 0 Å². The van der Waals surface area contributed by atoms with Crippen LogP contribution >= 0.6 is 0 Å². The van der Waals surface area contributed by atoms with Gasteiger partial charge in [0.05, 0.1) is 0 Å². The fourth-order valence-corrected chi connectivity index (χ4v) is 3.93. The number of aliphatic carboxylic acids is 2. The van der Waals surface area contributed by atoms with E-state index in [0.29, 0.717) is 19.3 Å². The van der Waals surface area contributed by atoms with Crippen LogP contribution in [0.1, 0.15) is 51.2 Å². The quantitative estimate of drug-likeness (QED) is 0.592. The SMILES string of the molecule is Cc1cccc(CCCC(CC(=O)[O-])C(=O)NC(C(=O)O)C(C)(C)C)c1-c1ccccc1. The number of carboxylic acid groups (broad SMARTS) is 2. The Bertz CT molecular complexity index is 946. The normalized spacial score (nSPS) is 13.2. The summed E-state index contributed by atoms with van der Waals surface area (Å²) in [6, 6.07) is 15.0. The molecule has 0 bridgehead atoms. The number of hydrogen-bond donors (Lipinski definition) is 2. The lowest BCUT2D eigenvalue weighted by Crippen LogP contribution is -2.51. The fraction of sp³-hybridized carbons (Fsp3) is 0.423. The van der Waals surface area contributed by atoms with Gasteiger partial charge in [0.1, 0.15) is 6.04 Å². The summed E-state index contributed by atoms with van der Waals surface area (Å²) in [4.78, 5) is 35.6. The van der Waals surface area contributed by atoms with E-state index in [1.54, 1.807) is 20.8 Å². The molecule has 0 aliphatic carbocycles. The lowest BCUT2D eigenvalue weighted by Gasteiger charge is -2.29. The second kappa shape index (κ2) is 10.9. The van der Waals surface area contributed by atoms with Gasteiger partial charge in [-0.15, -0.1) is 0 Å². The molecule has 2 aromatic carbocycles. The third-order valence-electron chi connectivity index (χ3n) is 5.60. The molecule has 6 heteroatoms. The summed E-state index contributed by atoms with van der Waals surface area (Å²) in [7, 11) is 0. The van der Waals surface area contributed by atoms with Gasteiger partial charge in [-0.1, -0.05) is 69.3 Å². The lowest BCUT2D eigenvalue weighted by atomic mass is 9.85. The summed E-state index contributed by atoms with van der Waals surface area (Å²) in [5, 5.41) is 23.2. The smallest absolute Gasteiger partial charge is 0.326 e. The molecule has 172 valence electrons. The molecular formula is C26H32NO5-. The number of carbonyl (C=O) groups excluding carboxylic acids is 2. The highest BCUT2D eigenvalue weighted by atomic mass is 16.4. The number of aryl methyl sites for hydroxylation is 2. The Morgan fingerprint density at radius 3 is 2.25 bits per heavy atom. The van der Waals surface area contributed by atoms with E-state index in [1.165, 1.54) is 0 Å².